The SMILES string of the molecule is CC1(C)CCCN1c1ccc(Cl)cc1C(=N)N. The number of nitrogens with two attached hydrogens (primary N) is 1. The maximum atomic E-state index is 7.66. The predicted molar refractivity (Wildman–Crippen MR) is 73.1 cm³/mol. The van der Waals surface area contributed by atoms with Gasteiger partial charge >= 0.3 is 0 Å². The second-order valence-corrected chi connectivity index (χ2v) is 5.58. The molecule has 3 nitrogen and oxygen atoms in total. The van der Waals surface area contributed by atoms with Gasteiger partial charge in [-0.2, -0.15) is 0 Å². The highest BCUT2D eigenvalue weighted by atomic mass is 35.5. The van der Waals surface area contributed by atoms with Gasteiger partial charge in [0.2, 0.25) is 0 Å². The predicted octanol–water partition coefficient (Wildman–Crippen LogP) is 3.00. The lowest BCUT2D eigenvalue weighted by atomic mass is 10.0. The largest absolute Gasteiger partial charge is 0.384 e. The lowest BCUT2D eigenvalue weighted by Crippen LogP contribution is -2.39. The summed E-state index contributed by atoms with van der Waals surface area (Å²) in [5.41, 5.74) is 7.51. The Morgan fingerprint density at radius 2 is 2.18 bits per heavy atom. The molecule has 1 fully saturated rings. The zero-order valence-electron chi connectivity index (χ0n) is 10.3. The normalized spacial score (nSPS) is 18.4. The zero-order valence-corrected chi connectivity index (χ0v) is 11.0. The van der Waals surface area contributed by atoms with Crippen LogP contribution in [0.4, 0.5) is 5.69 Å². The summed E-state index contributed by atoms with van der Waals surface area (Å²) in [7, 11) is 0. The van der Waals surface area contributed by atoms with Crippen LogP contribution < -0.4 is 10.6 Å². The van der Waals surface area contributed by atoms with Crippen LogP contribution in [-0.4, -0.2) is 17.9 Å². The van der Waals surface area contributed by atoms with Gasteiger partial charge in [0.1, 0.15) is 5.84 Å². The van der Waals surface area contributed by atoms with Gasteiger partial charge < -0.3 is 10.6 Å². The van der Waals surface area contributed by atoms with Crippen LogP contribution in [0, 0.1) is 5.41 Å². The zero-order chi connectivity index (χ0) is 12.6. The number of nitrogen functional groups attached to an aromatic ring is 1. The molecule has 1 saturated heterocycles. The highest BCUT2D eigenvalue weighted by Crippen LogP contribution is 2.36. The summed E-state index contributed by atoms with van der Waals surface area (Å²) in [5.74, 6) is 0.0743. The lowest BCUT2D eigenvalue weighted by molar-refractivity contribution is 0.518. The van der Waals surface area contributed by atoms with Gasteiger partial charge in [-0.1, -0.05) is 11.6 Å². The van der Waals surface area contributed by atoms with Gasteiger partial charge in [-0.3, -0.25) is 5.41 Å². The maximum absolute atomic E-state index is 7.66. The van der Waals surface area contributed by atoms with Gasteiger partial charge in [0.05, 0.1) is 0 Å². The molecule has 1 aliphatic rings. The number of nitrogens with zero attached hydrogens (tertiary/aromatic N) is 1. The van der Waals surface area contributed by atoms with Crippen molar-refractivity contribution >= 4 is 23.1 Å². The molecule has 1 aromatic rings. The highest BCUT2D eigenvalue weighted by molar-refractivity contribution is 6.31. The minimum Gasteiger partial charge on any atom is -0.384 e. The summed E-state index contributed by atoms with van der Waals surface area (Å²) in [6, 6.07) is 5.59. The minimum absolute atomic E-state index is 0.0743. The molecule has 3 N–H and O–H groups in total. The molecule has 1 aromatic carbocycles. The van der Waals surface area contributed by atoms with Crippen LogP contribution in [0.15, 0.2) is 18.2 Å². The molecule has 17 heavy (non-hydrogen) atoms. The number of nitrogens with one attached hydrogen (secondary N) is 1. The molecule has 0 aliphatic carbocycles. The summed E-state index contributed by atoms with van der Waals surface area (Å²) in [6.45, 7) is 5.45. The van der Waals surface area contributed by atoms with Gasteiger partial charge in [-0.05, 0) is 44.9 Å². The third-order valence-electron chi connectivity index (χ3n) is 3.44. The van der Waals surface area contributed by atoms with Gasteiger partial charge in [-0.15, -0.1) is 0 Å². The highest BCUT2D eigenvalue weighted by Gasteiger charge is 2.33. The smallest absolute Gasteiger partial charge is 0.124 e. The van der Waals surface area contributed by atoms with E-state index in [1.807, 2.05) is 12.1 Å². The first-order valence-electron chi connectivity index (χ1n) is 5.83. The molecular weight excluding hydrogens is 234 g/mol. The standard InChI is InChI=1S/C13H18ClN3/c1-13(2)6-3-7-17(13)11-5-4-9(14)8-10(11)12(15)16/h4-5,8H,3,6-7H2,1-2H3,(H3,15,16). The first kappa shape index (κ1) is 12.2. The monoisotopic (exact) mass is 251 g/mol. The second kappa shape index (κ2) is 4.22. The molecule has 0 saturated carbocycles. The molecule has 2 rings (SSSR count). The number of rotatable bonds is 2. The van der Waals surface area contributed by atoms with Crippen LogP contribution >= 0.6 is 11.6 Å². The van der Waals surface area contributed by atoms with Gasteiger partial charge in [0, 0.05) is 28.4 Å². The molecule has 0 spiro atoms. The fraction of sp³-hybridized carbons (Fsp3) is 0.462. The van der Waals surface area contributed by atoms with Crippen molar-refractivity contribution in [3.63, 3.8) is 0 Å². The van der Waals surface area contributed by atoms with E-state index in [1.165, 1.54) is 6.42 Å². The van der Waals surface area contributed by atoms with Crippen molar-refractivity contribution in [2.24, 2.45) is 5.73 Å². The van der Waals surface area contributed by atoms with Gasteiger partial charge in [0.25, 0.3) is 0 Å². The Morgan fingerprint density at radius 3 is 2.71 bits per heavy atom. The fourth-order valence-corrected chi connectivity index (χ4v) is 2.69. The maximum Gasteiger partial charge on any atom is 0.124 e. The number of hydrogen-bond donors (Lipinski definition) is 2. The average Bonchev–Trinajstić information content (AvgIpc) is 2.58. The molecule has 0 atom stereocenters. The van der Waals surface area contributed by atoms with Crippen LogP contribution in [0.3, 0.4) is 0 Å². The summed E-state index contributed by atoms with van der Waals surface area (Å²) in [6.07, 6.45) is 2.33. The molecule has 0 radical (unpaired) electrons. The van der Waals surface area contributed by atoms with Crippen molar-refractivity contribution in [1.29, 1.82) is 5.41 Å². The molecule has 0 bridgehead atoms. The van der Waals surface area contributed by atoms with Crippen LogP contribution in [-0.2, 0) is 0 Å². The Labute approximate surface area is 107 Å². The number of anilines is 1. The number of amidine groups is 1. The van der Waals surface area contributed by atoms with E-state index in [4.69, 9.17) is 22.7 Å². The third kappa shape index (κ3) is 2.25. The van der Waals surface area contributed by atoms with Crippen molar-refractivity contribution in [2.45, 2.75) is 32.2 Å². The van der Waals surface area contributed by atoms with Crippen LogP contribution in [0.25, 0.3) is 0 Å². The second-order valence-electron chi connectivity index (χ2n) is 5.14. The number of benzene rings is 1. The fourth-order valence-electron chi connectivity index (χ4n) is 2.51. The van der Waals surface area contributed by atoms with Crippen LogP contribution in [0.5, 0.6) is 0 Å². The Morgan fingerprint density at radius 1 is 1.47 bits per heavy atom. The van der Waals surface area contributed by atoms with Crippen molar-refractivity contribution < 1.29 is 0 Å². The Hall–Kier alpha value is -1.22. The molecular formula is C13H18ClN3. The molecule has 0 amide bonds. The van der Waals surface area contributed by atoms with Crippen LogP contribution in [0.2, 0.25) is 5.02 Å². The van der Waals surface area contributed by atoms with E-state index in [1.54, 1.807) is 6.07 Å². The van der Waals surface area contributed by atoms with E-state index in [0.717, 1.165) is 24.2 Å². The summed E-state index contributed by atoms with van der Waals surface area (Å²) in [5, 5.41) is 8.28. The summed E-state index contributed by atoms with van der Waals surface area (Å²) >= 11 is 5.97. The summed E-state index contributed by atoms with van der Waals surface area (Å²) < 4.78 is 0. The minimum atomic E-state index is 0.0743. The Balaban J connectivity index is 2.48. The van der Waals surface area contributed by atoms with Gasteiger partial charge in [-0.25, -0.2) is 0 Å². The van der Waals surface area contributed by atoms with E-state index in [9.17, 15) is 0 Å². The number of hydrogen-bond acceptors (Lipinski definition) is 2. The average molecular weight is 252 g/mol. The van der Waals surface area contributed by atoms with Crippen molar-refractivity contribution in [3.8, 4) is 0 Å². The van der Waals surface area contributed by atoms with E-state index in [2.05, 4.69) is 18.7 Å². The van der Waals surface area contributed by atoms with Crippen molar-refractivity contribution in [3.05, 3.63) is 28.8 Å². The van der Waals surface area contributed by atoms with Crippen LogP contribution in [0.1, 0.15) is 32.3 Å². The van der Waals surface area contributed by atoms with Crippen molar-refractivity contribution in [1.82, 2.24) is 0 Å². The van der Waals surface area contributed by atoms with Crippen molar-refractivity contribution in [2.75, 3.05) is 11.4 Å². The molecule has 1 aliphatic heterocycles. The van der Waals surface area contributed by atoms with E-state index >= 15 is 0 Å². The molecule has 0 aromatic heterocycles. The quantitative estimate of drug-likeness (QED) is 0.627. The Kier molecular flexibility index (Phi) is 3.04. The first-order chi connectivity index (χ1) is 7.92. The molecule has 1 heterocycles. The topological polar surface area (TPSA) is 53.1 Å². The van der Waals surface area contributed by atoms with Gasteiger partial charge in [0.15, 0.2) is 0 Å². The molecule has 92 valence electrons. The first-order valence-corrected chi connectivity index (χ1v) is 6.21. The van der Waals surface area contributed by atoms with E-state index in [0.29, 0.717) is 5.02 Å². The number of halogens is 1. The van der Waals surface area contributed by atoms with E-state index in [-0.39, 0.29) is 11.4 Å². The molecule has 0 unspecified atom stereocenters. The summed E-state index contributed by atoms with van der Waals surface area (Å²) in [4.78, 5) is 2.32. The van der Waals surface area contributed by atoms with E-state index < -0.39 is 0 Å². The lowest BCUT2D eigenvalue weighted by Gasteiger charge is -2.35. The Bertz CT molecular complexity index is 454. The molecule has 4 heteroatoms. The third-order valence-corrected chi connectivity index (χ3v) is 3.68.